The number of hydrogen-bond donors (Lipinski definition) is 0. The summed E-state index contributed by atoms with van der Waals surface area (Å²) in [6.07, 6.45) is 11.8. The molecule has 0 heteroatoms. The van der Waals surface area contributed by atoms with Gasteiger partial charge in [0, 0.05) is 0 Å². The van der Waals surface area contributed by atoms with Gasteiger partial charge in [-0.25, -0.2) is 0 Å². The van der Waals surface area contributed by atoms with Gasteiger partial charge >= 0.3 is 0 Å². The maximum absolute atomic E-state index is 2.43. The molecule has 0 aliphatic carbocycles. The molecule has 84 valence electrons. The molecule has 0 saturated heterocycles. The summed E-state index contributed by atoms with van der Waals surface area (Å²) in [5.74, 6) is 0.915. The van der Waals surface area contributed by atoms with E-state index in [4.69, 9.17) is 0 Å². The highest BCUT2D eigenvalue weighted by atomic mass is 14.0. The Labute approximate surface area is 90.8 Å². The maximum Gasteiger partial charge on any atom is -0.0323 e. The average Bonchev–Trinajstić information content (AvgIpc) is 2.18. The van der Waals surface area contributed by atoms with Crippen LogP contribution in [-0.4, -0.2) is 0 Å². The van der Waals surface area contributed by atoms with E-state index in [0.717, 1.165) is 5.92 Å². The molecule has 0 bridgehead atoms. The Morgan fingerprint density at radius 1 is 1.21 bits per heavy atom. The van der Waals surface area contributed by atoms with Gasteiger partial charge in [0.1, 0.15) is 0 Å². The first-order valence-electron chi connectivity index (χ1n) is 6.36. The Morgan fingerprint density at radius 3 is 2.50 bits per heavy atom. The van der Waals surface area contributed by atoms with Crippen molar-refractivity contribution in [2.45, 2.75) is 72.6 Å². The molecule has 0 aromatic heterocycles. The van der Waals surface area contributed by atoms with E-state index >= 15 is 0 Å². The normalized spacial score (nSPS) is 14.4. The predicted octanol–water partition coefficient (Wildman–Crippen LogP) is 5.34. The summed E-state index contributed by atoms with van der Waals surface area (Å²) < 4.78 is 0. The summed E-state index contributed by atoms with van der Waals surface area (Å²) in [5, 5.41) is 0. The molecule has 0 aliphatic rings. The summed E-state index contributed by atoms with van der Waals surface area (Å²) in [7, 11) is 0. The molecule has 14 heavy (non-hydrogen) atoms. The molecule has 1 unspecified atom stereocenters. The molecule has 0 nitrogen and oxygen atoms in total. The molecular formula is C14H28. The Morgan fingerprint density at radius 2 is 1.93 bits per heavy atom. The molecule has 1 atom stereocenters. The Balaban J connectivity index is 3.42. The van der Waals surface area contributed by atoms with Crippen LogP contribution in [0.4, 0.5) is 0 Å². The number of allylic oxidation sites excluding steroid dienone is 2. The van der Waals surface area contributed by atoms with Gasteiger partial charge in [-0.3, -0.25) is 0 Å². The fraction of sp³-hybridized carbons (Fsp3) is 0.857. The highest BCUT2D eigenvalue weighted by Crippen LogP contribution is 2.15. The standard InChI is InChI=1S/C14H28/c1-5-7-8-10-14(4)12-9-11-13(3)6-2/h10,13H,5-9,11-12H2,1-4H3. The van der Waals surface area contributed by atoms with Gasteiger partial charge in [-0.1, -0.05) is 58.1 Å². The van der Waals surface area contributed by atoms with Crippen molar-refractivity contribution < 1.29 is 0 Å². The summed E-state index contributed by atoms with van der Waals surface area (Å²) >= 11 is 0. The fourth-order valence-electron chi connectivity index (χ4n) is 1.59. The van der Waals surface area contributed by atoms with Crippen molar-refractivity contribution in [3.63, 3.8) is 0 Å². The van der Waals surface area contributed by atoms with Crippen LogP contribution in [0.5, 0.6) is 0 Å². The highest BCUT2D eigenvalue weighted by Gasteiger charge is 1.98. The molecule has 0 aromatic carbocycles. The lowest BCUT2D eigenvalue weighted by molar-refractivity contribution is 0.495. The van der Waals surface area contributed by atoms with Gasteiger partial charge in [0.05, 0.1) is 0 Å². The van der Waals surface area contributed by atoms with Crippen LogP contribution in [0.15, 0.2) is 11.6 Å². The zero-order chi connectivity index (χ0) is 10.8. The number of unbranched alkanes of at least 4 members (excludes halogenated alkanes) is 2. The van der Waals surface area contributed by atoms with Crippen molar-refractivity contribution >= 4 is 0 Å². The van der Waals surface area contributed by atoms with E-state index in [1.165, 1.54) is 44.9 Å². The second-order valence-corrected chi connectivity index (χ2v) is 4.60. The Bertz CT molecular complexity index is 144. The zero-order valence-corrected chi connectivity index (χ0v) is 10.6. The van der Waals surface area contributed by atoms with Gasteiger partial charge in [0.15, 0.2) is 0 Å². The van der Waals surface area contributed by atoms with E-state index < -0.39 is 0 Å². The van der Waals surface area contributed by atoms with Gasteiger partial charge in [0.2, 0.25) is 0 Å². The van der Waals surface area contributed by atoms with Gasteiger partial charge in [-0.2, -0.15) is 0 Å². The van der Waals surface area contributed by atoms with Gasteiger partial charge in [-0.15, -0.1) is 0 Å². The van der Waals surface area contributed by atoms with E-state index in [1.807, 2.05) is 0 Å². The monoisotopic (exact) mass is 196 g/mol. The van der Waals surface area contributed by atoms with Crippen LogP contribution in [0, 0.1) is 5.92 Å². The third-order valence-electron chi connectivity index (χ3n) is 3.02. The summed E-state index contributed by atoms with van der Waals surface area (Å²) in [4.78, 5) is 0. The quantitative estimate of drug-likeness (QED) is 0.363. The minimum atomic E-state index is 0.915. The fourth-order valence-corrected chi connectivity index (χ4v) is 1.59. The van der Waals surface area contributed by atoms with Crippen molar-refractivity contribution in [2.24, 2.45) is 5.92 Å². The van der Waals surface area contributed by atoms with Gasteiger partial charge in [-0.05, 0) is 32.1 Å². The van der Waals surface area contributed by atoms with Gasteiger partial charge < -0.3 is 0 Å². The van der Waals surface area contributed by atoms with Crippen molar-refractivity contribution in [3.05, 3.63) is 11.6 Å². The minimum absolute atomic E-state index is 0.915. The van der Waals surface area contributed by atoms with Crippen molar-refractivity contribution in [1.29, 1.82) is 0 Å². The zero-order valence-electron chi connectivity index (χ0n) is 10.6. The molecule has 0 heterocycles. The topological polar surface area (TPSA) is 0 Å². The molecule has 0 amide bonds. The molecule has 0 aromatic rings. The van der Waals surface area contributed by atoms with Crippen LogP contribution in [-0.2, 0) is 0 Å². The van der Waals surface area contributed by atoms with Crippen molar-refractivity contribution in [2.75, 3.05) is 0 Å². The molecule has 0 saturated carbocycles. The average molecular weight is 196 g/mol. The van der Waals surface area contributed by atoms with Crippen molar-refractivity contribution in [3.8, 4) is 0 Å². The number of rotatable bonds is 8. The lowest BCUT2D eigenvalue weighted by atomic mass is 9.99. The molecule has 0 N–H and O–H groups in total. The summed E-state index contributed by atoms with van der Waals surface area (Å²) in [6, 6.07) is 0. The summed E-state index contributed by atoms with van der Waals surface area (Å²) in [5.41, 5.74) is 1.60. The Hall–Kier alpha value is -0.260. The first-order valence-corrected chi connectivity index (χ1v) is 6.36. The SMILES string of the molecule is CCCCC=C(C)CCCC(C)CC. The third-order valence-corrected chi connectivity index (χ3v) is 3.02. The molecule has 0 radical (unpaired) electrons. The number of hydrogen-bond acceptors (Lipinski definition) is 0. The Kier molecular flexibility index (Phi) is 9.13. The van der Waals surface area contributed by atoms with Crippen LogP contribution < -0.4 is 0 Å². The van der Waals surface area contributed by atoms with Crippen LogP contribution >= 0.6 is 0 Å². The molecule has 0 spiro atoms. The second-order valence-electron chi connectivity index (χ2n) is 4.60. The van der Waals surface area contributed by atoms with Crippen LogP contribution in [0.3, 0.4) is 0 Å². The first kappa shape index (κ1) is 13.7. The van der Waals surface area contributed by atoms with Gasteiger partial charge in [0.25, 0.3) is 0 Å². The second kappa shape index (κ2) is 9.30. The maximum atomic E-state index is 2.43. The summed E-state index contributed by atoms with van der Waals surface area (Å²) in [6.45, 7) is 9.18. The van der Waals surface area contributed by atoms with Crippen LogP contribution in [0.25, 0.3) is 0 Å². The minimum Gasteiger partial charge on any atom is -0.0856 e. The largest absolute Gasteiger partial charge is 0.0856 e. The highest BCUT2D eigenvalue weighted by molar-refractivity contribution is 4.97. The van der Waals surface area contributed by atoms with Crippen LogP contribution in [0.2, 0.25) is 0 Å². The smallest absolute Gasteiger partial charge is 0.0323 e. The third kappa shape index (κ3) is 8.34. The van der Waals surface area contributed by atoms with E-state index in [2.05, 4.69) is 33.8 Å². The predicted molar refractivity (Wildman–Crippen MR) is 66.6 cm³/mol. The molecular weight excluding hydrogens is 168 g/mol. The van der Waals surface area contributed by atoms with E-state index in [-0.39, 0.29) is 0 Å². The van der Waals surface area contributed by atoms with E-state index in [0.29, 0.717) is 0 Å². The first-order chi connectivity index (χ1) is 6.70. The molecule has 0 fully saturated rings. The molecule has 0 aliphatic heterocycles. The van der Waals surface area contributed by atoms with E-state index in [1.54, 1.807) is 5.57 Å². The lowest BCUT2D eigenvalue weighted by Gasteiger charge is -2.07. The van der Waals surface area contributed by atoms with E-state index in [9.17, 15) is 0 Å². The van der Waals surface area contributed by atoms with Crippen LogP contribution in [0.1, 0.15) is 72.6 Å². The molecule has 0 rings (SSSR count). The lowest BCUT2D eigenvalue weighted by Crippen LogP contribution is -1.91. The van der Waals surface area contributed by atoms with Crippen molar-refractivity contribution in [1.82, 2.24) is 0 Å².